The third-order valence-corrected chi connectivity index (χ3v) is 4.35. The van der Waals surface area contributed by atoms with Gasteiger partial charge in [0.25, 0.3) is 0 Å². The van der Waals surface area contributed by atoms with E-state index in [1.807, 2.05) is 19.1 Å². The predicted molar refractivity (Wildman–Crippen MR) is 107 cm³/mol. The van der Waals surface area contributed by atoms with Gasteiger partial charge in [0.1, 0.15) is 5.75 Å². The fraction of sp³-hybridized carbons (Fsp3) is 0.650. The van der Waals surface area contributed by atoms with Crippen LogP contribution in [-0.4, -0.2) is 53.6 Å². The molecule has 0 unspecified atom stereocenters. The maximum atomic E-state index is 5.66. The van der Waals surface area contributed by atoms with Crippen LogP contribution in [0.1, 0.15) is 31.7 Å². The number of benzene rings is 1. The van der Waals surface area contributed by atoms with Crippen molar-refractivity contribution in [2.45, 2.75) is 32.7 Å². The molecule has 27 heavy (non-hydrogen) atoms. The smallest absolute Gasteiger partial charge is 0.191 e. The first-order valence-corrected chi connectivity index (χ1v) is 9.60. The first-order chi connectivity index (χ1) is 13.2. The summed E-state index contributed by atoms with van der Waals surface area (Å²) in [5, 5.41) is 6.61. The number of ether oxygens (including phenoxy) is 4. The van der Waals surface area contributed by atoms with Gasteiger partial charge >= 0.3 is 0 Å². The van der Waals surface area contributed by atoms with Crippen LogP contribution in [0.2, 0.25) is 0 Å². The summed E-state index contributed by atoms with van der Waals surface area (Å²) >= 11 is 0. The molecule has 1 aliphatic carbocycles. The summed E-state index contributed by atoms with van der Waals surface area (Å²) in [5.41, 5.74) is 0.931. The van der Waals surface area contributed by atoms with E-state index in [0.29, 0.717) is 18.0 Å². The van der Waals surface area contributed by atoms with Crippen molar-refractivity contribution in [3.05, 3.63) is 17.7 Å². The van der Waals surface area contributed by atoms with Gasteiger partial charge in [-0.25, -0.2) is 4.99 Å². The standard InChI is InChI=1S/C20H33N3O4/c1-5-21-20(22-9-6-10-27-14-15-7-8-15)23-13-16-11-18(25-3)19(26-4)12-17(16)24-2/h11-12,15H,5-10,13-14H2,1-4H3,(H2,21,22,23). The Bertz CT molecular complexity index is 603. The minimum Gasteiger partial charge on any atom is -0.496 e. The summed E-state index contributed by atoms with van der Waals surface area (Å²) in [6, 6.07) is 3.72. The van der Waals surface area contributed by atoms with E-state index in [1.54, 1.807) is 21.3 Å². The van der Waals surface area contributed by atoms with Gasteiger partial charge in [-0.2, -0.15) is 0 Å². The number of rotatable bonds is 12. The van der Waals surface area contributed by atoms with Gasteiger partial charge in [-0.3, -0.25) is 0 Å². The topological polar surface area (TPSA) is 73.3 Å². The van der Waals surface area contributed by atoms with Gasteiger partial charge in [-0.1, -0.05) is 0 Å². The van der Waals surface area contributed by atoms with Gasteiger partial charge in [-0.05, 0) is 38.2 Å². The lowest BCUT2D eigenvalue weighted by Crippen LogP contribution is -2.38. The van der Waals surface area contributed by atoms with Gasteiger partial charge in [0.15, 0.2) is 17.5 Å². The van der Waals surface area contributed by atoms with Gasteiger partial charge in [0, 0.05) is 37.9 Å². The van der Waals surface area contributed by atoms with E-state index < -0.39 is 0 Å². The highest BCUT2D eigenvalue weighted by atomic mass is 16.5. The third kappa shape index (κ3) is 7.17. The van der Waals surface area contributed by atoms with E-state index in [4.69, 9.17) is 18.9 Å². The Morgan fingerprint density at radius 3 is 2.37 bits per heavy atom. The number of nitrogens with one attached hydrogen (secondary N) is 2. The van der Waals surface area contributed by atoms with E-state index in [0.717, 1.165) is 55.9 Å². The molecule has 0 bridgehead atoms. The molecule has 1 aromatic rings. The molecule has 0 saturated heterocycles. The average Bonchev–Trinajstić information content (AvgIpc) is 3.52. The van der Waals surface area contributed by atoms with E-state index in [9.17, 15) is 0 Å². The van der Waals surface area contributed by atoms with Crippen LogP contribution in [0.15, 0.2) is 17.1 Å². The lowest BCUT2D eigenvalue weighted by molar-refractivity contribution is 0.123. The Hall–Kier alpha value is -2.15. The monoisotopic (exact) mass is 379 g/mol. The molecule has 0 atom stereocenters. The molecule has 0 aromatic heterocycles. The summed E-state index contributed by atoms with van der Waals surface area (Å²) in [6.07, 6.45) is 3.61. The van der Waals surface area contributed by atoms with Crippen LogP contribution in [0.5, 0.6) is 17.2 Å². The first-order valence-electron chi connectivity index (χ1n) is 9.60. The highest BCUT2D eigenvalue weighted by Gasteiger charge is 2.20. The minimum atomic E-state index is 0.469. The molecule has 7 heteroatoms. The summed E-state index contributed by atoms with van der Waals surface area (Å²) < 4.78 is 21.8. The van der Waals surface area contributed by atoms with Crippen LogP contribution in [0, 0.1) is 5.92 Å². The fourth-order valence-corrected chi connectivity index (χ4v) is 2.64. The Labute approximate surface area is 162 Å². The molecule has 2 rings (SSSR count). The van der Waals surface area contributed by atoms with Gasteiger partial charge in [0.05, 0.1) is 27.9 Å². The predicted octanol–water partition coefficient (Wildman–Crippen LogP) is 2.58. The van der Waals surface area contributed by atoms with Crippen molar-refractivity contribution in [2.24, 2.45) is 10.9 Å². The lowest BCUT2D eigenvalue weighted by Gasteiger charge is -2.14. The third-order valence-electron chi connectivity index (χ3n) is 4.35. The normalized spacial score (nSPS) is 14.0. The Morgan fingerprint density at radius 2 is 1.74 bits per heavy atom. The number of nitrogens with zero attached hydrogens (tertiary/aromatic N) is 1. The number of hydrogen-bond acceptors (Lipinski definition) is 5. The highest BCUT2D eigenvalue weighted by molar-refractivity contribution is 5.79. The molecule has 0 amide bonds. The summed E-state index contributed by atoms with van der Waals surface area (Å²) in [5.74, 6) is 3.61. The molecule has 2 N–H and O–H groups in total. The van der Waals surface area contributed by atoms with Crippen LogP contribution in [0.4, 0.5) is 0 Å². The number of guanidine groups is 1. The number of hydrogen-bond donors (Lipinski definition) is 2. The Balaban J connectivity index is 1.89. The van der Waals surface area contributed by atoms with Crippen molar-refractivity contribution in [3.8, 4) is 17.2 Å². The second-order valence-electron chi connectivity index (χ2n) is 6.51. The zero-order chi connectivity index (χ0) is 19.5. The molecule has 1 saturated carbocycles. The van der Waals surface area contributed by atoms with Crippen LogP contribution in [0.3, 0.4) is 0 Å². The molecule has 0 radical (unpaired) electrons. The van der Waals surface area contributed by atoms with Crippen molar-refractivity contribution in [1.29, 1.82) is 0 Å². The van der Waals surface area contributed by atoms with E-state index >= 15 is 0 Å². The first kappa shape index (κ1) is 21.2. The summed E-state index contributed by atoms with van der Waals surface area (Å²) in [6.45, 7) is 5.83. The molecule has 0 heterocycles. The van der Waals surface area contributed by atoms with Crippen molar-refractivity contribution in [2.75, 3.05) is 47.6 Å². The van der Waals surface area contributed by atoms with Crippen molar-refractivity contribution < 1.29 is 18.9 Å². The molecule has 1 aliphatic rings. The molecule has 0 aliphatic heterocycles. The molecule has 1 fully saturated rings. The maximum absolute atomic E-state index is 5.66. The molecule has 152 valence electrons. The van der Waals surface area contributed by atoms with Crippen LogP contribution < -0.4 is 24.8 Å². The van der Waals surface area contributed by atoms with Gasteiger partial charge < -0.3 is 29.6 Å². The van der Waals surface area contributed by atoms with Gasteiger partial charge in [-0.15, -0.1) is 0 Å². The number of methoxy groups -OCH3 is 3. The van der Waals surface area contributed by atoms with E-state index in [1.165, 1.54) is 12.8 Å². The highest BCUT2D eigenvalue weighted by Crippen LogP contribution is 2.34. The zero-order valence-corrected chi connectivity index (χ0v) is 17.0. The Kier molecular flexibility index (Phi) is 9.04. The molecular weight excluding hydrogens is 346 g/mol. The van der Waals surface area contributed by atoms with Crippen LogP contribution in [0.25, 0.3) is 0 Å². The van der Waals surface area contributed by atoms with Crippen molar-refractivity contribution >= 4 is 5.96 Å². The number of aliphatic imine (C=N–C) groups is 1. The summed E-state index contributed by atoms with van der Waals surface area (Å²) in [4.78, 5) is 4.66. The quantitative estimate of drug-likeness (QED) is 0.330. The SMILES string of the molecule is CCNC(=NCc1cc(OC)c(OC)cc1OC)NCCCOCC1CC1. The summed E-state index contributed by atoms with van der Waals surface area (Å²) in [7, 11) is 4.87. The lowest BCUT2D eigenvalue weighted by atomic mass is 10.1. The second kappa shape index (κ2) is 11.5. The van der Waals surface area contributed by atoms with Crippen LogP contribution >= 0.6 is 0 Å². The second-order valence-corrected chi connectivity index (χ2v) is 6.51. The minimum absolute atomic E-state index is 0.469. The molecule has 1 aromatic carbocycles. The molecule has 0 spiro atoms. The van der Waals surface area contributed by atoms with E-state index in [-0.39, 0.29) is 0 Å². The molecular formula is C20H33N3O4. The zero-order valence-electron chi connectivity index (χ0n) is 17.0. The Morgan fingerprint density at radius 1 is 1.04 bits per heavy atom. The maximum Gasteiger partial charge on any atom is 0.191 e. The van der Waals surface area contributed by atoms with Crippen molar-refractivity contribution in [3.63, 3.8) is 0 Å². The van der Waals surface area contributed by atoms with Crippen molar-refractivity contribution in [1.82, 2.24) is 10.6 Å². The largest absolute Gasteiger partial charge is 0.496 e. The fourth-order valence-electron chi connectivity index (χ4n) is 2.64. The molecule has 7 nitrogen and oxygen atoms in total. The van der Waals surface area contributed by atoms with Gasteiger partial charge in [0.2, 0.25) is 0 Å². The average molecular weight is 380 g/mol. The van der Waals surface area contributed by atoms with E-state index in [2.05, 4.69) is 15.6 Å². The van der Waals surface area contributed by atoms with Crippen LogP contribution in [-0.2, 0) is 11.3 Å².